The van der Waals surface area contributed by atoms with Crippen LogP contribution in [-0.2, 0) is 7.05 Å². The first-order valence-corrected chi connectivity index (χ1v) is 12.2. The SMILES string of the molecule is Cc1cc(Cl)cc2c(-c3cccc4nn(C)cc34)nn(-c3ccc(N4CC5C(C)[C@H]5C4)nc3)c12. The van der Waals surface area contributed by atoms with Crippen molar-refractivity contribution < 1.29 is 0 Å². The highest BCUT2D eigenvalue weighted by atomic mass is 35.5. The second kappa shape index (κ2) is 7.06. The summed E-state index contributed by atoms with van der Waals surface area (Å²) in [6, 6.07) is 14.4. The highest BCUT2D eigenvalue weighted by Gasteiger charge is 2.52. The van der Waals surface area contributed by atoms with Crippen molar-refractivity contribution in [2.45, 2.75) is 13.8 Å². The molecular formula is C27H25ClN6. The van der Waals surface area contributed by atoms with Crippen LogP contribution < -0.4 is 4.90 Å². The van der Waals surface area contributed by atoms with Gasteiger partial charge in [0.15, 0.2) is 0 Å². The van der Waals surface area contributed by atoms with Gasteiger partial charge in [0.05, 0.1) is 22.9 Å². The minimum Gasteiger partial charge on any atom is -0.356 e. The van der Waals surface area contributed by atoms with Crippen LogP contribution in [-0.4, -0.2) is 37.6 Å². The van der Waals surface area contributed by atoms with Crippen LogP contribution in [0.2, 0.25) is 5.02 Å². The molecule has 170 valence electrons. The molecule has 3 atom stereocenters. The van der Waals surface area contributed by atoms with E-state index in [-0.39, 0.29) is 0 Å². The fraction of sp³-hybridized carbons (Fsp3) is 0.296. The van der Waals surface area contributed by atoms with E-state index < -0.39 is 0 Å². The zero-order valence-corrected chi connectivity index (χ0v) is 20.2. The van der Waals surface area contributed by atoms with E-state index in [0.717, 1.165) is 81.0 Å². The van der Waals surface area contributed by atoms with Gasteiger partial charge in [-0.15, -0.1) is 0 Å². The van der Waals surface area contributed by atoms with Gasteiger partial charge < -0.3 is 4.90 Å². The van der Waals surface area contributed by atoms with Crippen LogP contribution in [0.15, 0.2) is 54.9 Å². The molecule has 0 bridgehead atoms. The molecular weight excluding hydrogens is 444 g/mol. The van der Waals surface area contributed by atoms with Crippen molar-refractivity contribution in [2.75, 3.05) is 18.0 Å². The van der Waals surface area contributed by atoms with Crippen molar-refractivity contribution in [1.29, 1.82) is 0 Å². The van der Waals surface area contributed by atoms with Crippen LogP contribution in [0.5, 0.6) is 0 Å². The van der Waals surface area contributed by atoms with E-state index in [1.165, 1.54) is 0 Å². The number of aromatic nitrogens is 5. The molecule has 7 heteroatoms. The van der Waals surface area contributed by atoms with Crippen LogP contribution in [0, 0.1) is 24.7 Å². The molecule has 0 radical (unpaired) electrons. The summed E-state index contributed by atoms with van der Waals surface area (Å²) in [6.45, 7) is 6.70. The zero-order chi connectivity index (χ0) is 23.1. The number of fused-ring (bicyclic) bond motifs is 3. The summed E-state index contributed by atoms with van der Waals surface area (Å²) in [5.41, 5.74) is 5.97. The van der Waals surface area contributed by atoms with E-state index in [1.54, 1.807) is 0 Å². The second-order valence-corrected chi connectivity index (χ2v) is 10.3. The molecule has 1 aliphatic heterocycles. The van der Waals surface area contributed by atoms with Crippen molar-refractivity contribution in [3.63, 3.8) is 0 Å². The number of hydrogen-bond acceptors (Lipinski definition) is 4. The Morgan fingerprint density at radius 1 is 1.00 bits per heavy atom. The number of rotatable bonds is 3. The van der Waals surface area contributed by atoms with Gasteiger partial charge in [-0.25, -0.2) is 9.67 Å². The molecule has 2 aromatic carbocycles. The number of nitrogens with zero attached hydrogens (tertiary/aromatic N) is 6. The molecule has 1 saturated carbocycles. The van der Waals surface area contributed by atoms with E-state index in [2.05, 4.69) is 42.0 Å². The molecule has 34 heavy (non-hydrogen) atoms. The predicted molar refractivity (Wildman–Crippen MR) is 137 cm³/mol. The standard InChI is InChI=1S/C27H25ClN6/c1-15-9-17(28)10-20-26(19-5-4-6-24-23(19)12-32(3)30-24)31-34(27(15)20)18-7-8-25(29-11-18)33-13-21-16(2)22(21)14-33/h4-12,16,21-22H,13-14H2,1-3H3/t16?,21-,22?/m1/s1. The summed E-state index contributed by atoms with van der Waals surface area (Å²) in [5, 5.41) is 12.5. The normalized spacial score (nSPS) is 21.5. The fourth-order valence-electron chi connectivity index (χ4n) is 5.86. The van der Waals surface area contributed by atoms with Crippen molar-refractivity contribution in [2.24, 2.45) is 24.8 Å². The van der Waals surface area contributed by atoms with E-state index in [9.17, 15) is 0 Å². The number of anilines is 1. The monoisotopic (exact) mass is 468 g/mol. The number of pyridine rings is 1. The zero-order valence-electron chi connectivity index (χ0n) is 19.4. The summed E-state index contributed by atoms with van der Waals surface area (Å²) in [5.74, 6) is 3.63. The molecule has 1 saturated heterocycles. The largest absolute Gasteiger partial charge is 0.356 e. The first-order chi connectivity index (χ1) is 16.5. The topological polar surface area (TPSA) is 51.8 Å². The van der Waals surface area contributed by atoms with Gasteiger partial charge in [-0.2, -0.15) is 10.2 Å². The molecule has 2 unspecified atom stereocenters. The van der Waals surface area contributed by atoms with Gasteiger partial charge in [-0.1, -0.05) is 30.7 Å². The average Bonchev–Trinajstić information content (AvgIpc) is 3.25. The van der Waals surface area contributed by atoms with E-state index >= 15 is 0 Å². The number of hydrogen-bond donors (Lipinski definition) is 0. The summed E-state index contributed by atoms with van der Waals surface area (Å²) < 4.78 is 3.85. The van der Waals surface area contributed by atoms with Crippen LogP contribution in [0.25, 0.3) is 38.8 Å². The van der Waals surface area contributed by atoms with Crippen molar-refractivity contribution in [1.82, 2.24) is 24.5 Å². The lowest BCUT2D eigenvalue weighted by molar-refractivity contribution is 0.684. The molecule has 0 N–H and O–H groups in total. The Hall–Kier alpha value is -3.38. The number of halogens is 1. The molecule has 7 rings (SSSR count). The highest BCUT2D eigenvalue weighted by Crippen LogP contribution is 2.51. The maximum absolute atomic E-state index is 6.51. The highest BCUT2D eigenvalue weighted by molar-refractivity contribution is 6.31. The van der Waals surface area contributed by atoms with Gasteiger partial charge in [0.25, 0.3) is 0 Å². The lowest BCUT2D eigenvalue weighted by atomic mass is 10.0. The molecule has 1 aliphatic carbocycles. The average molecular weight is 469 g/mol. The van der Waals surface area contributed by atoms with Gasteiger partial charge >= 0.3 is 0 Å². The Balaban J connectivity index is 1.37. The van der Waals surface area contributed by atoms with Crippen LogP contribution in [0.1, 0.15) is 12.5 Å². The third kappa shape index (κ3) is 2.91. The quantitative estimate of drug-likeness (QED) is 0.344. The molecule has 5 aromatic rings. The van der Waals surface area contributed by atoms with Crippen molar-refractivity contribution >= 4 is 39.2 Å². The smallest absolute Gasteiger partial charge is 0.128 e. The molecule has 0 spiro atoms. The summed E-state index contributed by atoms with van der Waals surface area (Å²) in [7, 11) is 1.94. The van der Waals surface area contributed by atoms with Crippen LogP contribution in [0.4, 0.5) is 5.82 Å². The van der Waals surface area contributed by atoms with E-state index in [1.807, 2.05) is 53.1 Å². The third-order valence-corrected chi connectivity index (χ3v) is 7.99. The first-order valence-electron chi connectivity index (χ1n) is 11.8. The molecule has 0 amide bonds. The minimum atomic E-state index is 0.708. The van der Waals surface area contributed by atoms with Gasteiger partial charge in [0.2, 0.25) is 0 Å². The summed E-state index contributed by atoms with van der Waals surface area (Å²) >= 11 is 6.51. The van der Waals surface area contributed by atoms with E-state index in [4.69, 9.17) is 21.7 Å². The number of piperidine rings is 1. The Morgan fingerprint density at radius 2 is 1.82 bits per heavy atom. The number of benzene rings is 2. The lowest BCUT2D eigenvalue weighted by Crippen LogP contribution is -2.24. The maximum atomic E-state index is 6.51. The lowest BCUT2D eigenvalue weighted by Gasteiger charge is -2.20. The van der Waals surface area contributed by atoms with Gasteiger partial charge in [-0.05, 0) is 60.6 Å². The third-order valence-electron chi connectivity index (χ3n) is 7.77. The molecule has 4 heterocycles. The predicted octanol–water partition coefficient (Wildman–Crippen LogP) is 5.64. The molecule has 3 aromatic heterocycles. The molecule has 2 aliphatic rings. The minimum absolute atomic E-state index is 0.708. The van der Waals surface area contributed by atoms with Gasteiger partial charge in [0, 0.05) is 47.7 Å². The Bertz CT molecular complexity index is 1570. The molecule has 2 fully saturated rings. The van der Waals surface area contributed by atoms with Crippen LogP contribution in [0.3, 0.4) is 0 Å². The second-order valence-electron chi connectivity index (χ2n) is 9.89. The Labute approximate surface area is 202 Å². The van der Waals surface area contributed by atoms with Crippen molar-refractivity contribution in [3.8, 4) is 16.9 Å². The first kappa shape index (κ1) is 20.0. The fourth-order valence-corrected chi connectivity index (χ4v) is 6.13. The summed E-state index contributed by atoms with van der Waals surface area (Å²) in [4.78, 5) is 7.25. The van der Waals surface area contributed by atoms with Gasteiger partial charge in [-0.3, -0.25) is 4.68 Å². The van der Waals surface area contributed by atoms with E-state index in [0.29, 0.717) is 5.02 Å². The maximum Gasteiger partial charge on any atom is 0.128 e. The number of aryl methyl sites for hydroxylation is 2. The Morgan fingerprint density at radius 3 is 2.59 bits per heavy atom. The van der Waals surface area contributed by atoms with Crippen molar-refractivity contribution in [3.05, 3.63) is 65.4 Å². The molecule has 6 nitrogen and oxygen atoms in total. The van der Waals surface area contributed by atoms with Gasteiger partial charge in [0.1, 0.15) is 11.5 Å². The Kier molecular flexibility index (Phi) is 4.16. The summed E-state index contributed by atoms with van der Waals surface area (Å²) in [6.07, 6.45) is 3.99. The van der Waals surface area contributed by atoms with Crippen LogP contribution >= 0.6 is 11.6 Å².